The molecule has 4 amide bonds. The third-order valence-electron chi connectivity index (χ3n) is 6.26. The number of hydrogen-bond donors (Lipinski definition) is 3. The van der Waals surface area contributed by atoms with Crippen molar-refractivity contribution in [3.05, 3.63) is 28.8 Å². The molecule has 0 aliphatic carbocycles. The maximum absolute atomic E-state index is 13.5. The predicted molar refractivity (Wildman–Crippen MR) is 106 cm³/mol. The minimum absolute atomic E-state index is 0.132. The molecule has 0 aromatic heterocycles. The van der Waals surface area contributed by atoms with Crippen molar-refractivity contribution < 1.29 is 19.2 Å². The summed E-state index contributed by atoms with van der Waals surface area (Å²) in [6.07, 6.45) is -0.132. The number of fused-ring (bicyclic) bond motifs is 4. The van der Waals surface area contributed by atoms with Crippen molar-refractivity contribution in [1.29, 1.82) is 0 Å². The Bertz CT molecular complexity index is 980. The van der Waals surface area contributed by atoms with E-state index in [0.717, 1.165) is 11.1 Å². The normalized spacial score (nSPS) is 30.7. The number of imide groups is 1. The lowest BCUT2D eigenvalue weighted by atomic mass is 9.75. The summed E-state index contributed by atoms with van der Waals surface area (Å²) in [5, 5.41) is 6.11. The Labute approximate surface area is 169 Å². The Hall–Kier alpha value is -2.74. The topological polar surface area (TPSA) is 122 Å². The summed E-state index contributed by atoms with van der Waals surface area (Å²) in [5.74, 6) is -3.48. The van der Waals surface area contributed by atoms with Crippen molar-refractivity contribution in [3.63, 3.8) is 0 Å². The van der Waals surface area contributed by atoms with E-state index in [1.807, 2.05) is 26.0 Å². The number of nitrogens with two attached hydrogens (primary N) is 1. The Kier molecular flexibility index (Phi) is 3.97. The molecule has 1 aromatic carbocycles. The average Bonchev–Trinajstić information content (AvgIpc) is 3.13. The van der Waals surface area contributed by atoms with Crippen LogP contribution in [0.2, 0.25) is 0 Å². The van der Waals surface area contributed by atoms with Crippen LogP contribution in [-0.4, -0.2) is 40.1 Å². The fourth-order valence-corrected chi connectivity index (χ4v) is 5.31. The number of likely N-dealkylation sites (tertiary alicyclic amines) is 1. The first-order valence-electron chi connectivity index (χ1n) is 9.76. The van der Waals surface area contributed by atoms with Crippen LogP contribution in [-0.2, 0) is 24.7 Å². The summed E-state index contributed by atoms with van der Waals surface area (Å²) < 4.78 is 0. The summed E-state index contributed by atoms with van der Waals surface area (Å²) in [5.41, 5.74) is 6.42. The summed E-state index contributed by atoms with van der Waals surface area (Å²) in [6, 6.07) is 3.13. The van der Waals surface area contributed by atoms with Gasteiger partial charge in [0.25, 0.3) is 0 Å². The highest BCUT2D eigenvalue weighted by molar-refractivity contribution is 6.16. The van der Waals surface area contributed by atoms with Crippen molar-refractivity contribution in [2.45, 2.75) is 58.2 Å². The largest absolute Gasteiger partial charge is 0.370 e. The molecular formula is C21H26N4O4. The molecule has 3 aliphatic heterocycles. The van der Waals surface area contributed by atoms with Gasteiger partial charge in [-0.05, 0) is 40.2 Å². The van der Waals surface area contributed by atoms with Crippen LogP contribution in [0.3, 0.4) is 0 Å². The van der Waals surface area contributed by atoms with E-state index >= 15 is 0 Å². The molecule has 4 N–H and O–H groups in total. The molecule has 0 saturated carbocycles. The summed E-state index contributed by atoms with van der Waals surface area (Å²) in [6.45, 7) is 9.15. The van der Waals surface area contributed by atoms with Crippen LogP contribution in [0, 0.1) is 25.7 Å². The van der Waals surface area contributed by atoms with Gasteiger partial charge in [-0.1, -0.05) is 17.7 Å². The van der Waals surface area contributed by atoms with E-state index in [-0.39, 0.29) is 18.2 Å². The molecule has 4 unspecified atom stereocenters. The second-order valence-corrected chi connectivity index (χ2v) is 9.37. The molecule has 8 heteroatoms. The van der Waals surface area contributed by atoms with Crippen LogP contribution in [0.4, 0.5) is 5.69 Å². The van der Waals surface area contributed by atoms with Gasteiger partial charge in [-0.25, -0.2) is 0 Å². The van der Waals surface area contributed by atoms with Crippen LogP contribution in [0.25, 0.3) is 0 Å². The van der Waals surface area contributed by atoms with Gasteiger partial charge in [-0.2, -0.15) is 0 Å². The summed E-state index contributed by atoms with van der Waals surface area (Å²) in [7, 11) is 0. The summed E-state index contributed by atoms with van der Waals surface area (Å²) in [4.78, 5) is 53.1. The zero-order valence-corrected chi connectivity index (χ0v) is 17.3. The second-order valence-electron chi connectivity index (χ2n) is 9.37. The molecule has 4 rings (SSSR count). The fraction of sp³-hybridized carbons (Fsp3) is 0.524. The minimum Gasteiger partial charge on any atom is -0.370 e. The van der Waals surface area contributed by atoms with Gasteiger partial charge in [-0.3, -0.25) is 29.4 Å². The third-order valence-corrected chi connectivity index (χ3v) is 6.26. The molecular weight excluding hydrogens is 372 g/mol. The number of benzene rings is 1. The number of carbonyl (C=O) groups excluding carboxylic acids is 4. The highest BCUT2D eigenvalue weighted by atomic mass is 16.2. The zero-order chi connectivity index (χ0) is 21.5. The molecule has 29 heavy (non-hydrogen) atoms. The van der Waals surface area contributed by atoms with Gasteiger partial charge < -0.3 is 11.1 Å². The number of amides is 4. The van der Waals surface area contributed by atoms with Gasteiger partial charge in [0.1, 0.15) is 5.54 Å². The first kappa shape index (κ1) is 19.6. The van der Waals surface area contributed by atoms with Gasteiger partial charge in [0.2, 0.25) is 23.6 Å². The van der Waals surface area contributed by atoms with E-state index in [1.165, 1.54) is 4.90 Å². The van der Waals surface area contributed by atoms with Crippen LogP contribution < -0.4 is 16.4 Å². The number of aryl methyl sites for hydroxylation is 2. The number of carbonyl (C=O) groups is 4. The average molecular weight is 398 g/mol. The Balaban J connectivity index is 1.95. The van der Waals surface area contributed by atoms with Crippen molar-refractivity contribution in [1.82, 2.24) is 10.2 Å². The van der Waals surface area contributed by atoms with Crippen molar-refractivity contribution in [3.8, 4) is 0 Å². The lowest BCUT2D eigenvalue weighted by molar-refractivity contribution is -0.147. The SMILES string of the molecule is Cc1cc(C)c2c(c1)C1(NC(CC(N)=O)C3C(=O)N(C(C)(C)C)C(=O)C31)C(=O)N2. The first-order valence-corrected chi connectivity index (χ1v) is 9.76. The smallest absolute Gasteiger partial charge is 0.250 e. The number of nitrogens with zero attached hydrogens (tertiary/aromatic N) is 1. The minimum atomic E-state index is -1.40. The number of primary amides is 1. The van der Waals surface area contributed by atoms with E-state index in [1.54, 1.807) is 20.8 Å². The monoisotopic (exact) mass is 398 g/mol. The van der Waals surface area contributed by atoms with Crippen molar-refractivity contribution in [2.75, 3.05) is 5.32 Å². The number of hydrogen-bond acceptors (Lipinski definition) is 5. The van der Waals surface area contributed by atoms with E-state index in [0.29, 0.717) is 11.3 Å². The molecule has 0 radical (unpaired) electrons. The second kappa shape index (κ2) is 5.89. The molecule has 3 aliphatic rings. The quantitative estimate of drug-likeness (QED) is 0.633. The van der Waals surface area contributed by atoms with Gasteiger partial charge in [0, 0.05) is 29.3 Å². The van der Waals surface area contributed by atoms with E-state index in [9.17, 15) is 19.2 Å². The maximum atomic E-state index is 13.5. The molecule has 1 aromatic rings. The molecule has 0 bridgehead atoms. The number of anilines is 1. The number of rotatable bonds is 2. The number of nitrogens with one attached hydrogen (secondary N) is 2. The maximum Gasteiger partial charge on any atom is 0.250 e. The predicted octanol–water partition coefficient (Wildman–Crippen LogP) is 0.698. The van der Waals surface area contributed by atoms with E-state index in [2.05, 4.69) is 10.6 Å². The lowest BCUT2D eigenvalue weighted by Crippen LogP contribution is -2.56. The van der Waals surface area contributed by atoms with Crippen molar-refractivity contribution in [2.24, 2.45) is 17.6 Å². The lowest BCUT2D eigenvalue weighted by Gasteiger charge is -2.34. The zero-order valence-electron chi connectivity index (χ0n) is 17.3. The van der Waals surface area contributed by atoms with E-state index < -0.39 is 40.8 Å². The highest BCUT2D eigenvalue weighted by Gasteiger charge is 2.71. The van der Waals surface area contributed by atoms with Gasteiger partial charge in [0.15, 0.2) is 0 Å². The Morgan fingerprint density at radius 1 is 1.17 bits per heavy atom. The van der Waals surface area contributed by atoms with Crippen LogP contribution >= 0.6 is 0 Å². The molecule has 4 atom stereocenters. The van der Waals surface area contributed by atoms with E-state index in [4.69, 9.17) is 5.73 Å². The highest BCUT2D eigenvalue weighted by Crippen LogP contribution is 2.54. The van der Waals surface area contributed by atoms with Gasteiger partial charge in [-0.15, -0.1) is 0 Å². The van der Waals surface area contributed by atoms with Crippen LogP contribution in [0.1, 0.15) is 43.9 Å². The van der Waals surface area contributed by atoms with Gasteiger partial charge >= 0.3 is 0 Å². The Morgan fingerprint density at radius 2 is 1.83 bits per heavy atom. The molecule has 154 valence electrons. The first-order chi connectivity index (χ1) is 13.4. The molecule has 2 saturated heterocycles. The molecule has 3 heterocycles. The summed E-state index contributed by atoms with van der Waals surface area (Å²) >= 11 is 0. The van der Waals surface area contributed by atoms with Crippen LogP contribution in [0.5, 0.6) is 0 Å². The molecule has 8 nitrogen and oxygen atoms in total. The van der Waals surface area contributed by atoms with Crippen LogP contribution in [0.15, 0.2) is 12.1 Å². The molecule has 1 spiro atoms. The third kappa shape index (κ3) is 2.48. The van der Waals surface area contributed by atoms with Crippen molar-refractivity contribution >= 4 is 29.3 Å². The Morgan fingerprint density at radius 3 is 2.41 bits per heavy atom. The fourth-order valence-electron chi connectivity index (χ4n) is 5.31. The molecule has 2 fully saturated rings. The standard InChI is InChI=1S/C21H26N4O4/c1-9-6-10(2)16-11(7-9)21(19(29)23-16)15-14(12(24-21)8-13(22)26)17(27)25(18(15)28)20(3,4)5/h6-7,12,14-15,24H,8H2,1-5H3,(H2,22,26)(H,23,29). The van der Waals surface area contributed by atoms with Gasteiger partial charge in [0.05, 0.1) is 11.8 Å².